The normalized spacial score (nSPS) is 17.7. The summed E-state index contributed by atoms with van der Waals surface area (Å²) < 4.78 is 0. The molecule has 0 bridgehead atoms. The van der Waals surface area contributed by atoms with E-state index in [0.29, 0.717) is 6.42 Å². The van der Waals surface area contributed by atoms with Crippen molar-refractivity contribution in [3.63, 3.8) is 0 Å². The molecule has 0 saturated carbocycles. The predicted octanol–water partition coefficient (Wildman–Crippen LogP) is 3.70. The zero-order valence-corrected chi connectivity index (χ0v) is 15.0. The van der Waals surface area contributed by atoms with Crippen molar-refractivity contribution in [2.75, 3.05) is 19.7 Å². The minimum absolute atomic E-state index is 0.0576. The predicted molar refractivity (Wildman–Crippen MR) is 92.4 cm³/mol. The first-order valence-electron chi connectivity index (χ1n) is 8.44. The molecule has 2 rings (SSSR count). The fourth-order valence-corrected chi connectivity index (χ4v) is 4.35. The van der Waals surface area contributed by atoms with Crippen molar-refractivity contribution < 1.29 is 9.90 Å². The van der Waals surface area contributed by atoms with Gasteiger partial charge in [0.15, 0.2) is 0 Å². The molecule has 0 aliphatic carbocycles. The number of piperidine rings is 1. The van der Waals surface area contributed by atoms with Crippen molar-refractivity contribution in [3.05, 3.63) is 21.4 Å². The molecule has 3 nitrogen and oxygen atoms in total. The summed E-state index contributed by atoms with van der Waals surface area (Å²) in [6.07, 6.45) is 5.47. The third-order valence-corrected chi connectivity index (χ3v) is 6.25. The van der Waals surface area contributed by atoms with E-state index >= 15 is 0 Å². The summed E-state index contributed by atoms with van der Waals surface area (Å²) in [5.74, 6) is 0.284. The third-order valence-electron chi connectivity index (χ3n) is 5.24. The van der Waals surface area contributed by atoms with Crippen LogP contribution in [0.25, 0.3) is 0 Å². The average Bonchev–Trinajstić information content (AvgIpc) is 2.85. The van der Waals surface area contributed by atoms with Gasteiger partial charge in [-0.3, -0.25) is 4.79 Å². The van der Waals surface area contributed by atoms with Gasteiger partial charge in [-0.1, -0.05) is 6.92 Å². The number of carbonyl (C=O) groups is 1. The minimum Gasteiger partial charge on any atom is -0.396 e. The van der Waals surface area contributed by atoms with Crippen LogP contribution in [0.5, 0.6) is 0 Å². The van der Waals surface area contributed by atoms with Crippen molar-refractivity contribution in [1.82, 2.24) is 4.90 Å². The van der Waals surface area contributed by atoms with Crippen LogP contribution in [0.4, 0.5) is 0 Å². The number of hydrogen-bond donors (Lipinski definition) is 1. The van der Waals surface area contributed by atoms with Gasteiger partial charge in [0.1, 0.15) is 0 Å². The highest BCUT2D eigenvalue weighted by Gasteiger charge is 2.33. The Balaban J connectivity index is 1.76. The molecule has 0 aromatic carbocycles. The van der Waals surface area contributed by atoms with E-state index in [9.17, 15) is 9.90 Å². The number of thiophene rings is 1. The molecule has 0 unspecified atom stereocenters. The van der Waals surface area contributed by atoms with Crippen molar-refractivity contribution >= 4 is 17.2 Å². The van der Waals surface area contributed by atoms with E-state index in [4.69, 9.17) is 0 Å². The number of likely N-dealkylation sites (tertiary alicyclic amines) is 1. The molecule has 0 radical (unpaired) electrons. The molecule has 0 atom stereocenters. The molecule has 1 aromatic heterocycles. The Morgan fingerprint density at radius 3 is 2.55 bits per heavy atom. The average molecular weight is 324 g/mol. The van der Waals surface area contributed by atoms with Crippen molar-refractivity contribution in [2.24, 2.45) is 5.41 Å². The van der Waals surface area contributed by atoms with E-state index in [0.717, 1.165) is 45.2 Å². The Labute approximate surface area is 138 Å². The van der Waals surface area contributed by atoms with Gasteiger partial charge in [-0.2, -0.15) is 0 Å². The number of nitrogens with zero attached hydrogens (tertiary/aromatic N) is 1. The Hall–Kier alpha value is -0.870. The van der Waals surface area contributed by atoms with Crippen molar-refractivity contribution in [1.29, 1.82) is 0 Å². The largest absolute Gasteiger partial charge is 0.396 e. The maximum Gasteiger partial charge on any atom is 0.222 e. The number of aryl methyl sites for hydroxylation is 3. The molecule has 22 heavy (non-hydrogen) atoms. The number of aliphatic hydroxyl groups excluding tert-OH is 1. The number of hydrogen-bond acceptors (Lipinski definition) is 3. The van der Waals surface area contributed by atoms with Gasteiger partial charge in [-0.05, 0) is 63.0 Å². The van der Waals surface area contributed by atoms with Crippen LogP contribution >= 0.6 is 11.3 Å². The Kier molecular flexibility index (Phi) is 6.04. The Morgan fingerprint density at radius 2 is 2.05 bits per heavy atom. The second kappa shape index (κ2) is 7.60. The first-order chi connectivity index (χ1) is 10.5. The second-order valence-corrected chi connectivity index (χ2v) is 8.14. The lowest BCUT2D eigenvalue weighted by Gasteiger charge is -2.40. The highest BCUT2D eigenvalue weighted by atomic mass is 32.1. The van der Waals surface area contributed by atoms with E-state index in [2.05, 4.69) is 26.8 Å². The van der Waals surface area contributed by atoms with Gasteiger partial charge in [0, 0.05) is 35.9 Å². The Bertz CT molecular complexity index is 495. The van der Waals surface area contributed by atoms with E-state index in [1.54, 1.807) is 0 Å². The van der Waals surface area contributed by atoms with Crippen LogP contribution < -0.4 is 0 Å². The molecule has 1 N–H and O–H groups in total. The first kappa shape index (κ1) is 17.5. The summed E-state index contributed by atoms with van der Waals surface area (Å²) in [6.45, 7) is 8.31. The maximum absolute atomic E-state index is 12.3. The zero-order valence-electron chi connectivity index (χ0n) is 14.2. The molecule has 124 valence electrons. The molecular weight excluding hydrogens is 294 g/mol. The molecule has 1 fully saturated rings. The SMILES string of the molecule is CCC1(CO)CCN(C(=O)CCCc2cc(C)sc2C)CC1. The monoisotopic (exact) mass is 323 g/mol. The highest BCUT2D eigenvalue weighted by Crippen LogP contribution is 2.34. The van der Waals surface area contributed by atoms with Crippen LogP contribution in [0.2, 0.25) is 0 Å². The molecule has 1 saturated heterocycles. The van der Waals surface area contributed by atoms with E-state index in [1.807, 2.05) is 16.2 Å². The van der Waals surface area contributed by atoms with Crippen molar-refractivity contribution in [2.45, 2.75) is 59.3 Å². The van der Waals surface area contributed by atoms with Crippen LogP contribution in [0.1, 0.15) is 54.3 Å². The van der Waals surface area contributed by atoms with Gasteiger partial charge in [0.25, 0.3) is 0 Å². The van der Waals surface area contributed by atoms with Crippen LogP contribution in [-0.2, 0) is 11.2 Å². The molecule has 1 amide bonds. The lowest BCUT2D eigenvalue weighted by atomic mass is 9.77. The Morgan fingerprint density at radius 1 is 1.36 bits per heavy atom. The molecule has 1 aliphatic heterocycles. The summed E-state index contributed by atoms with van der Waals surface area (Å²) in [6, 6.07) is 2.25. The fraction of sp³-hybridized carbons (Fsp3) is 0.722. The van der Waals surface area contributed by atoms with Crippen LogP contribution in [0.3, 0.4) is 0 Å². The van der Waals surface area contributed by atoms with Gasteiger partial charge >= 0.3 is 0 Å². The number of carbonyl (C=O) groups excluding carboxylic acids is 1. The molecule has 2 heterocycles. The highest BCUT2D eigenvalue weighted by molar-refractivity contribution is 7.12. The third kappa shape index (κ3) is 4.11. The molecule has 4 heteroatoms. The lowest BCUT2D eigenvalue weighted by molar-refractivity contribution is -0.134. The van der Waals surface area contributed by atoms with Crippen LogP contribution in [0, 0.1) is 19.3 Å². The van der Waals surface area contributed by atoms with Crippen LogP contribution in [0.15, 0.2) is 6.07 Å². The summed E-state index contributed by atoms with van der Waals surface area (Å²) in [4.78, 5) is 17.1. The lowest BCUT2D eigenvalue weighted by Crippen LogP contribution is -2.44. The zero-order chi connectivity index (χ0) is 16.2. The molecule has 1 aliphatic rings. The van der Waals surface area contributed by atoms with E-state index < -0.39 is 0 Å². The van der Waals surface area contributed by atoms with Crippen molar-refractivity contribution in [3.8, 4) is 0 Å². The van der Waals surface area contributed by atoms with Gasteiger partial charge < -0.3 is 10.0 Å². The number of rotatable bonds is 6. The van der Waals surface area contributed by atoms with Crippen LogP contribution in [-0.4, -0.2) is 35.6 Å². The number of aliphatic hydroxyl groups is 1. The summed E-state index contributed by atoms with van der Waals surface area (Å²) in [5, 5.41) is 9.56. The smallest absolute Gasteiger partial charge is 0.222 e. The number of amides is 1. The van der Waals surface area contributed by atoms with Gasteiger partial charge in [-0.15, -0.1) is 11.3 Å². The standard InChI is InChI=1S/C18H29NO2S/c1-4-18(13-20)8-10-19(11-9-18)17(21)7-5-6-16-12-14(2)22-15(16)3/h12,20H,4-11,13H2,1-3H3. The fourth-order valence-electron chi connectivity index (χ4n) is 3.37. The van der Waals surface area contributed by atoms with Gasteiger partial charge in [-0.25, -0.2) is 0 Å². The molecule has 1 aromatic rings. The maximum atomic E-state index is 12.3. The quantitative estimate of drug-likeness (QED) is 0.867. The second-order valence-electron chi connectivity index (χ2n) is 6.68. The van der Waals surface area contributed by atoms with E-state index in [1.165, 1.54) is 15.3 Å². The summed E-state index contributed by atoms with van der Waals surface area (Å²) >= 11 is 1.84. The minimum atomic E-state index is 0.0576. The molecular formula is C18H29NO2S. The molecule has 0 spiro atoms. The topological polar surface area (TPSA) is 40.5 Å². The summed E-state index contributed by atoms with van der Waals surface area (Å²) in [7, 11) is 0. The van der Waals surface area contributed by atoms with Gasteiger partial charge in [0.05, 0.1) is 0 Å². The first-order valence-corrected chi connectivity index (χ1v) is 9.26. The summed E-state index contributed by atoms with van der Waals surface area (Å²) in [5.41, 5.74) is 1.46. The van der Waals surface area contributed by atoms with E-state index in [-0.39, 0.29) is 17.9 Å². The van der Waals surface area contributed by atoms with Gasteiger partial charge in [0.2, 0.25) is 5.91 Å².